The quantitative estimate of drug-likeness (QED) is 0.454. The van der Waals surface area contributed by atoms with Crippen LogP contribution in [0.2, 0.25) is 5.02 Å². The number of halogens is 1. The van der Waals surface area contributed by atoms with Gasteiger partial charge in [0.05, 0.1) is 18.1 Å². The molecule has 2 aliphatic rings. The third-order valence-corrected chi connectivity index (χ3v) is 6.25. The van der Waals surface area contributed by atoms with E-state index in [1.807, 2.05) is 19.9 Å². The highest BCUT2D eigenvalue weighted by Crippen LogP contribution is 2.49. The van der Waals surface area contributed by atoms with Crippen LogP contribution in [0.1, 0.15) is 44.6 Å². The number of Topliss-reactive ketones (excluding diaryl/α,β-unsaturated/α-hetero) is 1. The lowest BCUT2D eigenvalue weighted by Crippen LogP contribution is -2.44. The van der Waals surface area contributed by atoms with E-state index >= 15 is 0 Å². The number of ketones is 1. The fraction of sp³-hybridized carbons (Fsp3) is 0.333. The molecule has 7 nitrogen and oxygen atoms in total. The van der Waals surface area contributed by atoms with E-state index in [2.05, 4.69) is 0 Å². The third-order valence-electron chi connectivity index (χ3n) is 6.01. The van der Waals surface area contributed by atoms with E-state index in [1.165, 1.54) is 24.1 Å². The fourth-order valence-electron chi connectivity index (χ4n) is 4.67. The fourth-order valence-corrected chi connectivity index (χ4v) is 4.87. The van der Waals surface area contributed by atoms with Gasteiger partial charge in [0.15, 0.2) is 5.78 Å². The largest absolute Gasteiger partial charge is 0.496 e. The van der Waals surface area contributed by atoms with Crippen molar-refractivity contribution in [1.29, 1.82) is 0 Å². The SMILES string of the molecule is COc1ccc(N2C(=O)CC(c3cccc(Cl)c3)C3=C2CC(C)(C)CC3=O)c([N+](=O)[O-])c1. The van der Waals surface area contributed by atoms with Crippen molar-refractivity contribution in [2.45, 2.75) is 39.0 Å². The zero-order valence-electron chi connectivity index (χ0n) is 18.1. The van der Waals surface area contributed by atoms with Crippen LogP contribution >= 0.6 is 11.6 Å². The van der Waals surface area contributed by atoms with Crippen molar-refractivity contribution >= 4 is 34.7 Å². The van der Waals surface area contributed by atoms with Crippen LogP contribution in [-0.4, -0.2) is 23.7 Å². The van der Waals surface area contributed by atoms with Gasteiger partial charge < -0.3 is 4.74 Å². The molecule has 1 amide bonds. The van der Waals surface area contributed by atoms with Crippen LogP contribution in [0.4, 0.5) is 11.4 Å². The van der Waals surface area contributed by atoms with Crippen molar-refractivity contribution in [1.82, 2.24) is 0 Å². The molecule has 0 bridgehead atoms. The number of carbonyl (C=O) groups excluding carboxylic acids is 2. The van der Waals surface area contributed by atoms with Gasteiger partial charge in [-0.1, -0.05) is 37.6 Å². The minimum absolute atomic E-state index is 0.0223. The van der Waals surface area contributed by atoms with Gasteiger partial charge in [0, 0.05) is 35.1 Å². The summed E-state index contributed by atoms with van der Waals surface area (Å²) in [6.07, 6.45) is 0.810. The Labute approximate surface area is 190 Å². The van der Waals surface area contributed by atoms with Gasteiger partial charge in [-0.05, 0) is 41.7 Å². The number of carbonyl (C=O) groups is 2. The summed E-state index contributed by atoms with van der Waals surface area (Å²) in [5.41, 5.74) is 1.36. The highest BCUT2D eigenvalue weighted by atomic mass is 35.5. The number of nitrogens with zero attached hydrogens (tertiary/aromatic N) is 2. The number of ether oxygens (including phenoxy) is 1. The number of anilines is 1. The number of methoxy groups -OCH3 is 1. The number of benzene rings is 2. The number of amides is 1. The van der Waals surface area contributed by atoms with Crippen molar-refractivity contribution in [2.75, 3.05) is 12.0 Å². The minimum atomic E-state index is -0.537. The van der Waals surface area contributed by atoms with Crippen LogP contribution in [0.3, 0.4) is 0 Å². The van der Waals surface area contributed by atoms with Gasteiger partial charge in [-0.25, -0.2) is 0 Å². The van der Waals surface area contributed by atoms with E-state index in [1.54, 1.807) is 24.3 Å². The van der Waals surface area contributed by atoms with Crippen LogP contribution in [0, 0.1) is 15.5 Å². The molecule has 4 rings (SSSR count). The summed E-state index contributed by atoms with van der Waals surface area (Å²) < 4.78 is 5.13. The average Bonchev–Trinajstić information content (AvgIpc) is 2.72. The molecule has 0 saturated heterocycles. The molecule has 1 heterocycles. The number of nitro groups is 1. The molecule has 2 aromatic carbocycles. The van der Waals surface area contributed by atoms with Crippen molar-refractivity contribution in [3.8, 4) is 5.75 Å². The predicted octanol–water partition coefficient (Wildman–Crippen LogP) is 5.42. The van der Waals surface area contributed by atoms with E-state index < -0.39 is 10.8 Å². The van der Waals surface area contributed by atoms with Crippen LogP contribution < -0.4 is 9.64 Å². The highest BCUT2D eigenvalue weighted by Gasteiger charge is 2.45. The first kappa shape index (κ1) is 22.0. The van der Waals surface area contributed by atoms with Crippen molar-refractivity contribution < 1.29 is 19.2 Å². The Morgan fingerprint density at radius 3 is 2.56 bits per heavy atom. The second-order valence-electron chi connectivity index (χ2n) is 8.95. The molecule has 0 aromatic heterocycles. The first-order chi connectivity index (χ1) is 15.1. The molecule has 2 aromatic rings. The van der Waals surface area contributed by atoms with Gasteiger partial charge in [0.1, 0.15) is 11.4 Å². The maximum absolute atomic E-state index is 13.5. The normalized spacial score (nSPS) is 20.2. The molecular weight excluding hydrogens is 432 g/mol. The first-order valence-corrected chi connectivity index (χ1v) is 10.7. The molecule has 166 valence electrons. The smallest absolute Gasteiger partial charge is 0.297 e. The zero-order valence-corrected chi connectivity index (χ0v) is 18.8. The van der Waals surface area contributed by atoms with Crippen molar-refractivity contribution in [3.63, 3.8) is 0 Å². The molecule has 1 aliphatic heterocycles. The summed E-state index contributed by atoms with van der Waals surface area (Å²) in [5.74, 6) is -0.466. The molecule has 1 atom stereocenters. The van der Waals surface area contributed by atoms with Gasteiger partial charge in [-0.3, -0.25) is 24.6 Å². The molecular formula is C24H23ClN2O5. The number of hydrogen-bond acceptors (Lipinski definition) is 5. The van der Waals surface area contributed by atoms with Gasteiger partial charge in [0.25, 0.3) is 5.69 Å². The lowest BCUT2D eigenvalue weighted by atomic mass is 9.69. The third kappa shape index (κ3) is 3.88. The summed E-state index contributed by atoms with van der Waals surface area (Å²) in [4.78, 5) is 39.5. The number of nitro benzene ring substituents is 1. The molecule has 0 fully saturated rings. The second kappa shape index (κ2) is 8.06. The molecule has 1 unspecified atom stereocenters. The Bertz CT molecular complexity index is 1170. The Morgan fingerprint density at radius 1 is 1.16 bits per heavy atom. The first-order valence-electron chi connectivity index (χ1n) is 10.3. The number of allylic oxidation sites excluding steroid dienone is 2. The van der Waals surface area contributed by atoms with E-state index in [0.717, 1.165) is 5.56 Å². The van der Waals surface area contributed by atoms with Crippen molar-refractivity contribution in [3.05, 3.63) is 74.4 Å². The van der Waals surface area contributed by atoms with Crippen LogP contribution in [-0.2, 0) is 9.59 Å². The molecule has 0 spiro atoms. The van der Waals surface area contributed by atoms with Gasteiger partial charge in [-0.2, -0.15) is 0 Å². The standard InChI is InChI=1S/C24H23ClN2O5/c1-24(2)12-20-23(21(28)13-24)17(14-5-4-6-15(25)9-14)11-22(29)26(20)18-8-7-16(32-3)10-19(18)27(30)31/h4-10,17H,11-13H2,1-3H3. The number of hydrogen-bond donors (Lipinski definition) is 0. The van der Waals surface area contributed by atoms with E-state index in [9.17, 15) is 19.7 Å². The van der Waals surface area contributed by atoms with E-state index in [0.29, 0.717) is 34.9 Å². The molecule has 0 N–H and O–H groups in total. The van der Waals surface area contributed by atoms with Crippen LogP contribution in [0.25, 0.3) is 0 Å². The van der Waals surface area contributed by atoms with Gasteiger partial charge >= 0.3 is 0 Å². The minimum Gasteiger partial charge on any atom is -0.496 e. The zero-order chi connectivity index (χ0) is 23.2. The molecule has 0 saturated carbocycles. The summed E-state index contributed by atoms with van der Waals surface area (Å²) in [6, 6.07) is 11.5. The lowest BCUT2D eigenvalue weighted by Gasteiger charge is -2.42. The summed E-state index contributed by atoms with van der Waals surface area (Å²) >= 11 is 6.18. The predicted molar refractivity (Wildman–Crippen MR) is 121 cm³/mol. The van der Waals surface area contributed by atoms with Gasteiger partial charge in [-0.15, -0.1) is 0 Å². The molecule has 0 radical (unpaired) electrons. The average molecular weight is 455 g/mol. The molecule has 8 heteroatoms. The summed E-state index contributed by atoms with van der Waals surface area (Å²) in [5, 5.41) is 12.4. The van der Waals surface area contributed by atoms with E-state index in [4.69, 9.17) is 16.3 Å². The van der Waals surface area contributed by atoms with E-state index in [-0.39, 0.29) is 34.9 Å². The number of rotatable bonds is 4. The maximum atomic E-state index is 13.5. The van der Waals surface area contributed by atoms with Crippen LogP contribution in [0.5, 0.6) is 5.75 Å². The molecule has 1 aliphatic carbocycles. The van der Waals surface area contributed by atoms with Crippen LogP contribution in [0.15, 0.2) is 53.7 Å². The Morgan fingerprint density at radius 2 is 1.91 bits per heavy atom. The summed E-state index contributed by atoms with van der Waals surface area (Å²) in [7, 11) is 1.42. The topological polar surface area (TPSA) is 89.8 Å². The highest BCUT2D eigenvalue weighted by molar-refractivity contribution is 6.30. The second-order valence-corrected chi connectivity index (χ2v) is 9.39. The Kier molecular flexibility index (Phi) is 5.54. The van der Waals surface area contributed by atoms with Gasteiger partial charge in [0.2, 0.25) is 5.91 Å². The Balaban J connectivity index is 1.94. The monoisotopic (exact) mass is 454 g/mol. The Hall–Kier alpha value is -3.19. The molecule has 32 heavy (non-hydrogen) atoms. The van der Waals surface area contributed by atoms with Crippen molar-refractivity contribution in [2.24, 2.45) is 5.41 Å². The lowest BCUT2D eigenvalue weighted by molar-refractivity contribution is -0.384. The summed E-state index contributed by atoms with van der Waals surface area (Å²) in [6.45, 7) is 3.92. The maximum Gasteiger partial charge on any atom is 0.297 e.